The Bertz CT molecular complexity index is 525. The Balaban J connectivity index is 1.87. The molecule has 21 heavy (non-hydrogen) atoms. The van der Waals surface area contributed by atoms with Crippen LogP contribution in [-0.4, -0.2) is 29.9 Å². The molecule has 4 heteroatoms. The van der Waals surface area contributed by atoms with Gasteiger partial charge in [0.25, 0.3) is 0 Å². The predicted molar refractivity (Wildman–Crippen MR) is 91.0 cm³/mol. The van der Waals surface area contributed by atoms with E-state index in [4.69, 9.17) is 11.6 Å². The van der Waals surface area contributed by atoms with Crippen molar-refractivity contribution in [3.63, 3.8) is 0 Å². The van der Waals surface area contributed by atoms with Gasteiger partial charge >= 0.3 is 0 Å². The van der Waals surface area contributed by atoms with Gasteiger partial charge in [0.1, 0.15) is 5.84 Å². The molecule has 1 aliphatic rings. The van der Waals surface area contributed by atoms with E-state index >= 15 is 0 Å². The van der Waals surface area contributed by atoms with Crippen LogP contribution < -0.4 is 5.32 Å². The third kappa shape index (κ3) is 4.32. The van der Waals surface area contributed by atoms with Gasteiger partial charge in [-0.15, -0.1) is 0 Å². The second-order valence-corrected chi connectivity index (χ2v) is 5.86. The van der Waals surface area contributed by atoms with Gasteiger partial charge in [-0.05, 0) is 37.0 Å². The fraction of sp³-hybridized carbons (Fsp3) is 0.471. The highest BCUT2D eigenvalue weighted by atomic mass is 35.5. The maximum absolute atomic E-state index is 6.33. The number of halogens is 1. The van der Waals surface area contributed by atoms with Crippen LogP contribution in [0.5, 0.6) is 0 Å². The van der Waals surface area contributed by atoms with Crippen molar-refractivity contribution >= 4 is 17.4 Å². The smallest absolute Gasteiger partial charge is 0.101 e. The first-order valence-corrected chi connectivity index (χ1v) is 7.92. The molecule has 1 aliphatic heterocycles. The summed E-state index contributed by atoms with van der Waals surface area (Å²) in [4.78, 5) is 6.54. The van der Waals surface area contributed by atoms with E-state index in [2.05, 4.69) is 46.9 Å². The Morgan fingerprint density at radius 2 is 2.38 bits per heavy atom. The number of aliphatic imine (C=N–C) groups is 1. The Morgan fingerprint density at radius 3 is 3.05 bits per heavy atom. The van der Waals surface area contributed by atoms with Gasteiger partial charge in [0.2, 0.25) is 0 Å². The number of nitrogens with zero attached hydrogens (tertiary/aromatic N) is 2. The topological polar surface area (TPSA) is 27.6 Å². The minimum atomic E-state index is 0.488. The zero-order valence-corrected chi connectivity index (χ0v) is 13.7. The maximum atomic E-state index is 6.33. The lowest BCUT2D eigenvalue weighted by Crippen LogP contribution is -2.33. The largest absolute Gasteiger partial charge is 0.359 e. The van der Waals surface area contributed by atoms with Crippen LogP contribution in [-0.2, 0) is 13.0 Å². The fourth-order valence-corrected chi connectivity index (χ4v) is 2.91. The molecule has 0 aromatic heterocycles. The molecule has 0 amide bonds. The summed E-state index contributed by atoms with van der Waals surface area (Å²) < 4.78 is 0. The number of hydrogen-bond donors (Lipinski definition) is 1. The zero-order valence-electron chi connectivity index (χ0n) is 12.9. The summed E-state index contributed by atoms with van der Waals surface area (Å²) in [5, 5.41) is 4.46. The summed E-state index contributed by atoms with van der Waals surface area (Å²) in [6.07, 6.45) is 3.76. The first kappa shape index (κ1) is 16.1. The molecule has 1 atom stereocenters. The van der Waals surface area contributed by atoms with E-state index in [0.29, 0.717) is 6.04 Å². The van der Waals surface area contributed by atoms with Crippen molar-refractivity contribution < 1.29 is 0 Å². The molecule has 1 N–H and O–H groups in total. The lowest BCUT2D eigenvalue weighted by atomic mass is 10.1. The number of amidine groups is 1. The van der Waals surface area contributed by atoms with E-state index in [1.807, 2.05) is 6.92 Å². The van der Waals surface area contributed by atoms with Crippen LogP contribution in [0, 0.1) is 0 Å². The SMILES string of the molecule is C=CN=C(C)N1CCC(NCc2ccc(CC)cc2Cl)C1. The number of nitrogens with one attached hydrogen (secondary N) is 1. The van der Waals surface area contributed by atoms with Gasteiger partial charge in [0, 0.05) is 36.9 Å². The van der Waals surface area contributed by atoms with Gasteiger partial charge < -0.3 is 10.2 Å². The normalized spacial score (nSPS) is 19.1. The summed E-state index contributed by atoms with van der Waals surface area (Å²) in [7, 11) is 0. The van der Waals surface area contributed by atoms with Gasteiger partial charge in [0.05, 0.1) is 0 Å². The summed E-state index contributed by atoms with van der Waals surface area (Å²) in [5.41, 5.74) is 2.45. The Hall–Kier alpha value is -1.32. The predicted octanol–water partition coefficient (Wildman–Crippen LogP) is 3.63. The van der Waals surface area contributed by atoms with Crippen LogP contribution >= 0.6 is 11.6 Å². The van der Waals surface area contributed by atoms with E-state index in [1.165, 1.54) is 11.1 Å². The van der Waals surface area contributed by atoms with Crippen molar-refractivity contribution in [1.29, 1.82) is 0 Å². The molecule has 1 unspecified atom stereocenters. The van der Waals surface area contributed by atoms with E-state index in [1.54, 1.807) is 6.20 Å². The minimum Gasteiger partial charge on any atom is -0.359 e. The second-order valence-electron chi connectivity index (χ2n) is 5.45. The van der Waals surface area contributed by atoms with Crippen LogP contribution in [0.1, 0.15) is 31.4 Å². The lowest BCUT2D eigenvalue weighted by Gasteiger charge is -2.18. The third-order valence-electron chi connectivity index (χ3n) is 4.03. The molecule has 0 saturated carbocycles. The molecule has 0 aliphatic carbocycles. The van der Waals surface area contributed by atoms with Crippen LogP contribution in [0.25, 0.3) is 0 Å². The van der Waals surface area contributed by atoms with Crippen LogP contribution in [0.15, 0.2) is 36.0 Å². The molecule has 3 nitrogen and oxygen atoms in total. The molecule has 0 spiro atoms. The van der Waals surface area contributed by atoms with E-state index in [-0.39, 0.29) is 0 Å². The number of benzene rings is 1. The molecule has 1 fully saturated rings. The number of likely N-dealkylation sites (tertiary alicyclic amines) is 1. The summed E-state index contributed by atoms with van der Waals surface area (Å²) >= 11 is 6.33. The van der Waals surface area contributed by atoms with E-state index < -0.39 is 0 Å². The number of rotatable bonds is 5. The van der Waals surface area contributed by atoms with Crippen molar-refractivity contribution in [2.45, 2.75) is 39.3 Å². The molecule has 114 valence electrons. The van der Waals surface area contributed by atoms with Crippen LogP contribution in [0.3, 0.4) is 0 Å². The monoisotopic (exact) mass is 305 g/mol. The molecule has 1 heterocycles. The van der Waals surface area contributed by atoms with Crippen molar-refractivity contribution in [3.8, 4) is 0 Å². The molecule has 1 saturated heterocycles. The molecule has 1 aromatic carbocycles. The van der Waals surface area contributed by atoms with E-state index in [9.17, 15) is 0 Å². The number of hydrogen-bond acceptors (Lipinski definition) is 2. The summed E-state index contributed by atoms with van der Waals surface area (Å²) in [6.45, 7) is 10.7. The standard InChI is InChI=1S/C17H24ClN3/c1-4-14-6-7-15(17(18)10-14)11-20-16-8-9-21(12-16)13(3)19-5-2/h5-7,10,16,20H,2,4,8-9,11-12H2,1,3H3. The molecule has 1 aromatic rings. The first-order chi connectivity index (χ1) is 10.1. The summed E-state index contributed by atoms with van der Waals surface area (Å²) in [6, 6.07) is 6.85. The van der Waals surface area contributed by atoms with Crippen molar-refractivity contribution in [2.75, 3.05) is 13.1 Å². The van der Waals surface area contributed by atoms with Gasteiger partial charge in [-0.3, -0.25) is 0 Å². The average Bonchev–Trinajstić information content (AvgIpc) is 2.95. The molecular weight excluding hydrogens is 282 g/mol. The van der Waals surface area contributed by atoms with Gasteiger partial charge in [0.15, 0.2) is 0 Å². The Morgan fingerprint density at radius 1 is 1.57 bits per heavy atom. The fourth-order valence-electron chi connectivity index (χ4n) is 2.64. The second kappa shape index (κ2) is 7.62. The van der Waals surface area contributed by atoms with Gasteiger partial charge in [-0.2, -0.15) is 0 Å². The molecule has 2 rings (SSSR count). The first-order valence-electron chi connectivity index (χ1n) is 7.55. The lowest BCUT2D eigenvalue weighted by molar-refractivity contribution is 0.474. The van der Waals surface area contributed by atoms with Gasteiger partial charge in [-0.25, -0.2) is 4.99 Å². The third-order valence-corrected chi connectivity index (χ3v) is 4.38. The van der Waals surface area contributed by atoms with Gasteiger partial charge in [-0.1, -0.05) is 37.2 Å². The maximum Gasteiger partial charge on any atom is 0.101 e. The zero-order chi connectivity index (χ0) is 15.2. The van der Waals surface area contributed by atoms with Crippen molar-refractivity contribution in [1.82, 2.24) is 10.2 Å². The van der Waals surface area contributed by atoms with Crippen LogP contribution in [0.2, 0.25) is 5.02 Å². The quantitative estimate of drug-likeness (QED) is 0.664. The molecular formula is C17H24ClN3. The van der Waals surface area contributed by atoms with Crippen LogP contribution in [0.4, 0.5) is 0 Å². The minimum absolute atomic E-state index is 0.488. The van der Waals surface area contributed by atoms with E-state index in [0.717, 1.165) is 43.3 Å². The highest BCUT2D eigenvalue weighted by Gasteiger charge is 2.22. The number of aryl methyl sites for hydroxylation is 1. The highest BCUT2D eigenvalue weighted by Crippen LogP contribution is 2.19. The summed E-state index contributed by atoms with van der Waals surface area (Å²) in [5.74, 6) is 1.04. The Kier molecular flexibility index (Phi) is 5.83. The average molecular weight is 306 g/mol. The Labute approximate surface area is 132 Å². The van der Waals surface area contributed by atoms with Crippen molar-refractivity contribution in [2.24, 2.45) is 4.99 Å². The molecule has 0 bridgehead atoms. The van der Waals surface area contributed by atoms with Crippen molar-refractivity contribution in [3.05, 3.63) is 47.1 Å². The molecule has 0 radical (unpaired) electrons. The highest BCUT2D eigenvalue weighted by molar-refractivity contribution is 6.31.